The molecule has 4 aromatic rings. The molecule has 1 amide bonds. The molecule has 0 atom stereocenters. The third-order valence-corrected chi connectivity index (χ3v) is 5.33. The summed E-state index contributed by atoms with van der Waals surface area (Å²) in [6.45, 7) is 2.00. The number of thiophene rings is 1. The Balaban J connectivity index is 1.55. The summed E-state index contributed by atoms with van der Waals surface area (Å²) in [5.41, 5.74) is 2.13. The zero-order chi connectivity index (χ0) is 19.8. The van der Waals surface area contributed by atoms with Gasteiger partial charge in [0.15, 0.2) is 0 Å². The number of carbonyl (C=O) groups is 1. The van der Waals surface area contributed by atoms with Crippen molar-refractivity contribution in [3.63, 3.8) is 0 Å². The van der Waals surface area contributed by atoms with Gasteiger partial charge in [0, 0.05) is 24.5 Å². The molecule has 3 heterocycles. The summed E-state index contributed by atoms with van der Waals surface area (Å²) in [7, 11) is 1.65. The SMILES string of the molecule is Cc1c[nH]c(=O)n1-c1ccc(C(=O)N(C)Cc2nc3ccsc3c(=O)[nH]2)cc1. The number of fused-ring (bicyclic) bond motifs is 1. The summed E-state index contributed by atoms with van der Waals surface area (Å²) in [5, 5.41) is 1.81. The molecular formula is C19H17N5O3S. The molecule has 0 aliphatic rings. The number of benzene rings is 1. The summed E-state index contributed by atoms with van der Waals surface area (Å²) in [6, 6.07) is 8.57. The standard InChI is InChI=1S/C19H17N5O3S/c1-11-9-20-19(27)24(11)13-5-3-12(4-6-13)18(26)23(2)10-15-21-14-7-8-28-16(14)17(25)22-15/h3-9H,10H2,1-2H3,(H,20,27)(H,21,22,25). The van der Waals surface area contributed by atoms with E-state index in [0.29, 0.717) is 27.3 Å². The van der Waals surface area contributed by atoms with Crippen LogP contribution in [0.25, 0.3) is 15.9 Å². The smallest absolute Gasteiger partial charge is 0.330 e. The summed E-state index contributed by atoms with van der Waals surface area (Å²) in [5.74, 6) is 0.218. The van der Waals surface area contributed by atoms with Crippen molar-refractivity contribution in [2.75, 3.05) is 7.05 Å². The fraction of sp³-hybridized carbons (Fsp3) is 0.158. The molecule has 0 saturated heterocycles. The van der Waals surface area contributed by atoms with E-state index >= 15 is 0 Å². The Kier molecular flexibility index (Phi) is 4.44. The maximum Gasteiger partial charge on any atom is 0.330 e. The molecule has 142 valence electrons. The van der Waals surface area contributed by atoms with Crippen LogP contribution in [0, 0.1) is 6.92 Å². The van der Waals surface area contributed by atoms with E-state index in [1.807, 2.05) is 12.3 Å². The first-order chi connectivity index (χ1) is 13.4. The van der Waals surface area contributed by atoms with Gasteiger partial charge in [0.2, 0.25) is 0 Å². The molecule has 9 heteroatoms. The molecule has 8 nitrogen and oxygen atoms in total. The Morgan fingerprint density at radius 3 is 2.64 bits per heavy atom. The van der Waals surface area contributed by atoms with Crippen molar-refractivity contribution in [1.29, 1.82) is 0 Å². The highest BCUT2D eigenvalue weighted by Gasteiger charge is 2.15. The van der Waals surface area contributed by atoms with E-state index < -0.39 is 0 Å². The maximum atomic E-state index is 12.7. The second-order valence-corrected chi connectivity index (χ2v) is 7.34. The zero-order valence-corrected chi connectivity index (χ0v) is 16.0. The number of aromatic amines is 2. The molecule has 28 heavy (non-hydrogen) atoms. The number of amides is 1. The Morgan fingerprint density at radius 1 is 1.21 bits per heavy atom. The van der Waals surface area contributed by atoms with E-state index in [-0.39, 0.29) is 23.7 Å². The lowest BCUT2D eigenvalue weighted by Gasteiger charge is -2.17. The first-order valence-corrected chi connectivity index (χ1v) is 9.41. The van der Waals surface area contributed by atoms with Crippen molar-refractivity contribution < 1.29 is 4.79 Å². The lowest BCUT2D eigenvalue weighted by atomic mass is 10.2. The summed E-state index contributed by atoms with van der Waals surface area (Å²) >= 11 is 1.33. The number of carbonyl (C=O) groups excluding carboxylic acids is 1. The summed E-state index contributed by atoms with van der Waals surface area (Å²) in [4.78, 5) is 47.9. The predicted octanol–water partition coefficient (Wildman–Crippen LogP) is 2.04. The predicted molar refractivity (Wildman–Crippen MR) is 107 cm³/mol. The van der Waals surface area contributed by atoms with Crippen LogP contribution < -0.4 is 11.2 Å². The normalized spacial score (nSPS) is 11.1. The lowest BCUT2D eigenvalue weighted by molar-refractivity contribution is 0.0781. The number of H-pyrrole nitrogens is 2. The Morgan fingerprint density at radius 2 is 1.96 bits per heavy atom. The van der Waals surface area contributed by atoms with Crippen LogP contribution in [0.2, 0.25) is 0 Å². The van der Waals surface area contributed by atoms with Crippen molar-refractivity contribution in [2.45, 2.75) is 13.5 Å². The van der Waals surface area contributed by atoms with Crippen molar-refractivity contribution in [1.82, 2.24) is 24.4 Å². The van der Waals surface area contributed by atoms with Gasteiger partial charge in [-0.2, -0.15) is 0 Å². The van der Waals surface area contributed by atoms with Gasteiger partial charge in [-0.1, -0.05) is 0 Å². The third-order valence-electron chi connectivity index (χ3n) is 4.43. The third kappa shape index (κ3) is 3.16. The molecule has 0 spiro atoms. The van der Waals surface area contributed by atoms with Crippen LogP contribution >= 0.6 is 11.3 Å². The van der Waals surface area contributed by atoms with E-state index in [1.54, 1.807) is 43.6 Å². The average Bonchev–Trinajstić information content (AvgIpc) is 3.28. The van der Waals surface area contributed by atoms with Crippen LogP contribution in [0.15, 0.2) is 51.5 Å². The fourth-order valence-corrected chi connectivity index (χ4v) is 3.77. The highest BCUT2D eigenvalue weighted by atomic mass is 32.1. The van der Waals surface area contributed by atoms with E-state index in [2.05, 4.69) is 15.0 Å². The molecule has 4 rings (SSSR count). The minimum atomic E-state index is -0.229. The number of nitrogens with zero attached hydrogens (tertiary/aromatic N) is 3. The largest absolute Gasteiger partial charge is 0.334 e. The maximum absolute atomic E-state index is 12.7. The van der Waals surface area contributed by atoms with Crippen molar-refractivity contribution in [2.24, 2.45) is 0 Å². The first-order valence-electron chi connectivity index (χ1n) is 8.53. The van der Waals surface area contributed by atoms with Gasteiger partial charge >= 0.3 is 5.69 Å². The van der Waals surface area contributed by atoms with Crippen molar-refractivity contribution in [3.05, 3.63) is 79.8 Å². The highest BCUT2D eigenvalue weighted by Crippen LogP contribution is 2.15. The number of nitrogens with one attached hydrogen (secondary N) is 2. The van der Waals surface area contributed by atoms with Crippen LogP contribution in [0.1, 0.15) is 21.9 Å². The molecule has 3 aromatic heterocycles. The minimum absolute atomic E-state index is 0.179. The summed E-state index contributed by atoms with van der Waals surface area (Å²) < 4.78 is 2.10. The van der Waals surface area contributed by atoms with Crippen molar-refractivity contribution in [3.8, 4) is 5.69 Å². The van der Waals surface area contributed by atoms with E-state index in [4.69, 9.17) is 0 Å². The molecular weight excluding hydrogens is 378 g/mol. The van der Waals surface area contributed by atoms with Gasteiger partial charge < -0.3 is 14.9 Å². The molecule has 1 aromatic carbocycles. The van der Waals surface area contributed by atoms with Crippen molar-refractivity contribution >= 4 is 27.5 Å². The van der Waals surface area contributed by atoms with Crippen LogP contribution in [0.5, 0.6) is 0 Å². The first kappa shape index (κ1) is 17.9. The number of aromatic nitrogens is 4. The lowest BCUT2D eigenvalue weighted by Crippen LogP contribution is -2.28. The number of rotatable bonds is 4. The van der Waals surface area contributed by atoms with Gasteiger partial charge in [-0.05, 0) is 42.6 Å². The topological polar surface area (TPSA) is 104 Å². The van der Waals surface area contributed by atoms with Crippen LogP contribution in [-0.2, 0) is 6.54 Å². The zero-order valence-electron chi connectivity index (χ0n) is 15.2. The Hall–Kier alpha value is -3.46. The fourth-order valence-electron chi connectivity index (χ4n) is 3.04. The van der Waals surface area contributed by atoms with Gasteiger partial charge in [0.1, 0.15) is 10.5 Å². The Labute approximate surface area is 163 Å². The molecule has 0 aliphatic carbocycles. The number of hydrogen-bond donors (Lipinski definition) is 2. The van der Waals surface area contributed by atoms with Crippen LogP contribution in [-0.4, -0.2) is 37.4 Å². The molecule has 2 N–H and O–H groups in total. The molecule has 0 bridgehead atoms. The molecule has 0 aliphatic heterocycles. The monoisotopic (exact) mass is 395 g/mol. The minimum Gasteiger partial charge on any atom is -0.334 e. The molecule has 0 unspecified atom stereocenters. The summed E-state index contributed by atoms with van der Waals surface area (Å²) in [6.07, 6.45) is 1.63. The van der Waals surface area contributed by atoms with Gasteiger partial charge in [0.25, 0.3) is 11.5 Å². The Bertz CT molecular complexity index is 1280. The quantitative estimate of drug-likeness (QED) is 0.552. The van der Waals surface area contributed by atoms with Gasteiger partial charge in [0.05, 0.1) is 17.7 Å². The van der Waals surface area contributed by atoms with E-state index in [0.717, 1.165) is 5.69 Å². The van der Waals surface area contributed by atoms with Gasteiger partial charge in [-0.15, -0.1) is 11.3 Å². The average molecular weight is 395 g/mol. The van der Waals surface area contributed by atoms with Crippen LogP contribution in [0.3, 0.4) is 0 Å². The van der Waals surface area contributed by atoms with Gasteiger partial charge in [-0.3, -0.25) is 14.2 Å². The van der Waals surface area contributed by atoms with E-state index in [9.17, 15) is 14.4 Å². The second kappa shape index (κ2) is 6.93. The molecule has 0 saturated carbocycles. The van der Waals surface area contributed by atoms with Gasteiger partial charge in [-0.25, -0.2) is 9.78 Å². The number of imidazole rings is 1. The second-order valence-electron chi connectivity index (χ2n) is 6.43. The molecule has 0 fully saturated rings. The number of hydrogen-bond acceptors (Lipinski definition) is 5. The van der Waals surface area contributed by atoms with E-state index in [1.165, 1.54) is 20.8 Å². The molecule has 0 radical (unpaired) electrons. The van der Waals surface area contributed by atoms with Crippen LogP contribution in [0.4, 0.5) is 0 Å². The highest BCUT2D eigenvalue weighted by molar-refractivity contribution is 7.17. The number of aryl methyl sites for hydroxylation is 1.